The van der Waals surface area contributed by atoms with E-state index in [1.54, 1.807) is 0 Å². The van der Waals surface area contributed by atoms with Gasteiger partial charge in [0.2, 0.25) is 0 Å². The Morgan fingerprint density at radius 1 is 0.923 bits per heavy atom. The van der Waals surface area contributed by atoms with E-state index >= 15 is 0 Å². The molecule has 0 bridgehead atoms. The molecule has 0 spiro atoms. The van der Waals surface area contributed by atoms with Gasteiger partial charge in [-0.2, -0.15) is 0 Å². The zero-order valence-electron chi connectivity index (χ0n) is 16.6. The third-order valence-electron chi connectivity index (χ3n) is 6.93. The number of carbonyl (C=O) groups is 2. The van der Waals surface area contributed by atoms with Gasteiger partial charge in [0.15, 0.2) is 0 Å². The third-order valence-corrected chi connectivity index (χ3v) is 6.93. The highest BCUT2D eigenvalue weighted by Crippen LogP contribution is 2.34. The second kappa shape index (κ2) is 9.23. The minimum atomic E-state index is -0.0195. The Morgan fingerprint density at radius 3 is 2.27 bits per heavy atom. The van der Waals surface area contributed by atoms with Crippen molar-refractivity contribution in [3.63, 3.8) is 0 Å². The Hall–Kier alpha value is -1.06. The summed E-state index contributed by atoms with van der Waals surface area (Å²) in [6.45, 7) is 4.23. The summed E-state index contributed by atoms with van der Waals surface area (Å²) >= 11 is 0. The van der Waals surface area contributed by atoms with Crippen LogP contribution in [0.5, 0.6) is 0 Å². The summed E-state index contributed by atoms with van der Waals surface area (Å²) in [5, 5.41) is 0. The van der Waals surface area contributed by atoms with Gasteiger partial charge in [0.25, 0.3) is 0 Å². The van der Waals surface area contributed by atoms with Crippen molar-refractivity contribution in [3.8, 4) is 0 Å². The van der Waals surface area contributed by atoms with E-state index in [2.05, 4.69) is 6.92 Å². The molecule has 26 heavy (non-hydrogen) atoms. The fourth-order valence-electron chi connectivity index (χ4n) is 4.81. The van der Waals surface area contributed by atoms with Gasteiger partial charge < -0.3 is 9.47 Å². The number of carbonyl (C=O) groups excluding carboxylic acids is 2. The molecule has 0 aromatic carbocycles. The van der Waals surface area contributed by atoms with Crippen molar-refractivity contribution < 1.29 is 19.1 Å². The summed E-state index contributed by atoms with van der Waals surface area (Å²) in [6, 6.07) is 0. The average Bonchev–Trinajstić information content (AvgIpc) is 2.64. The maximum absolute atomic E-state index is 12.4. The van der Waals surface area contributed by atoms with Crippen molar-refractivity contribution in [3.05, 3.63) is 0 Å². The number of hydrogen-bond acceptors (Lipinski definition) is 4. The minimum Gasteiger partial charge on any atom is -0.462 e. The highest BCUT2D eigenvalue weighted by Gasteiger charge is 2.31. The molecule has 3 aliphatic rings. The van der Waals surface area contributed by atoms with Gasteiger partial charge in [0.05, 0.1) is 11.8 Å². The summed E-state index contributed by atoms with van der Waals surface area (Å²) in [5.41, 5.74) is 0. The number of esters is 2. The number of cyclic esters (lactones) is 1. The first-order valence-corrected chi connectivity index (χ1v) is 10.9. The molecule has 148 valence electrons. The largest absolute Gasteiger partial charge is 0.462 e. The molecule has 1 aliphatic heterocycles. The third kappa shape index (κ3) is 5.47. The molecule has 4 heteroatoms. The van der Waals surface area contributed by atoms with Gasteiger partial charge in [-0.15, -0.1) is 0 Å². The van der Waals surface area contributed by atoms with Crippen molar-refractivity contribution in [1.29, 1.82) is 0 Å². The normalized spacial score (nSPS) is 38.5. The second-order valence-electron chi connectivity index (χ2n) is 9.15. The first kappa shape index (κ1) is 19.7. The SMILES string of the molecule is CC1CCC(C(=O)OC2CCC(CCC3CCC(C)C(=O)O3)CC2)CC1. The predicted octanol–water partition coefficient (Wildman–Crippen LogP) is 5.04. The molecule has 2 saturated carbocycles. The lowest BCUT2D eigenvalue weighted by molar-refractivity contribution is -0.160. The van der Waals surface area contributed by atoms with Crippen LogP contribution in [0, 0.1) is 23.7 Å². The Bertz CT molecular complexity index is 473. The van der Waals surface area contributed by atoms with E-state index < -0.39 is 0 Å². The first-order valence-electron chi connectivity index (χ1n) is 10.9. The van der Waals surface area contributed by atoms with Crippen LogP contribution in [0.1, 0.15) is 90.9 Å². The summed E-state index contributed by atoms with van der Waals surface area (Å²) in [5.74, 6) is 1.72. The molecule has 2 atom stereocenters. The molecule has 0 N–H and O–H groups in total. The Balaban J connectivity index is 1.31. The van der Waals surface area contributed by atoms with E-state index in [-0.39, 0.29) is 36.0 Å². The highest BCUT2D eigenvalue weighted by atomic mass is 16.5. The van der Waals surface area contributed by atoms with Crippen LogP contribution in [0.4, 0.5) is 0 Å². The van der Waals surface area contributed by atoms with E-state index in [0.717, 1.165) is 83.0 Å². The van der Waals surface area contributed by atoms with Gasteiger partial charge in [0, 0.05) is 0 Å². The molecule has 0 aromatic rings. The molecule has 2 aliphatic carbocycles. The lowest BCUT2D eigenvalue weighted by atomic mass is 9.82. The van der Waals surface area contributed by atoms with Crippen LogP contribution < -0.4 is 0 Å². The Morgan fingerprint density at radius 2 is 1.62 bits per heavy atom. The zero-order valence-corrected chi connectivity index (χ0v) is 16.6. The molecule has 2 unspecified atom stereocenters. The topological polar surface area (TPSA) is 52.6 Å². The van der Waals surface area contributed by atoms with Gasteiger partial charge in [0.1, 0.15) is 12.2 Å². The predicted molar refractivity (Wildman–Crippen MR) is 100 cm³/mol. The molecule has 1 heterocycles. The number of ether oxygens (including phenoxy) is 2. The lowest BCUT2D eigenvalue weighted by Crippen LogP contribution is -2.31. The summed E-state index contributed by atoms with van der Waals surface area (Å²) in [4.78, 5) is 24.1. The molecule has 0 aromatic heterocycles. The molecular weight excluding hydrogens is 328 g/mol. The van der Waals surface area contributed by atoms with Gasteiger partial charge in [-0.05, 0) is 88.9 Å². The quantitative estimate of drug-likeness (QED) is 0.642. The lowest BCUT2D eigenvalue weighted by Gasteiger charge is -2.32. The van der Waals surface area contributed by atoms with Gasteiger partial charge in [-0.1, -0.05) is 13.8 Å². The maximum Gasteiger partial charge on any atom is 0.309 e. The first-order chi connectivity index (χ1) is 12.5. The van der Waals surface area contributed by atoms with Crippen LogP contribution in [0.15, 0.2) is 0 Å². The number of hydrogen-bond donors (Lipinski definition) is 0. The van der Waals surface area contributed by atoms with Crippen LogP contribution in [0.3, 0.4) is 0 Å². The molecule has 0 radical (unpaired) electrons. The minimum absolute atomic E-state index is 0.0195. The van der Waals surface area contributed by atoms with Gasteiger partial charge >= 0.3 is 11.9 Å². The van der Waals surface area contributed by atoms with Crippen LogP contribution in [0.2, 0.25) is 0 Å². The summed E-state index contributed by atoms with van der Waals surface area (Å²) in [7, 11) is 0. The van der Waals surface area contributed by atoms with E-state index in [1.807, 2.05) is 6.92 Å². The van der Waals surface area contributed by atoms with Crippen LogP contribution in [0.25, 0.3) is 0 Å². The standard InChI is InChI=1S/C22H36O4/c1-15-3-9-18(10-4-15)22(24)26-20-13-7-17(8-14-20)6-12-19-11-5-16(2)21(23)25-19/h15-20H,3-14H2,1-2H3. The number of rotatable bonds is 5. The van der Waals surface area contributed by atoms with Crippen molar-refractivity contribution in [2.75, 3.05) is 0 Å². The molecule has 3 fully saturated rings. The Kier molecular flexibility index (Phi) is 6.99. The van der Waals surface area contributed by atoms with E-state index in [1.165, 1.54) is 0 Å². The van der Waals surface area contributed by atoms with Crippen molar-refractivity contribution in [1.82, 2.24) is 0 Å². The van der Waals surface area contributed by atoms with Crippen molar-refractivity contribution in [2.45, 2.75) is 103 Å². The van der Waals surface area contributed by atoms with E-state index in [0.29, 0.717) is 5.92 Å². The fraction of sp³-hybridized carbons (Fsp3) is 0.909. The molecule has 1 saturated heterocycles. The zero-order chi connectivity index (χ0) is 18.5. The van der Waals surface area contributed by atoms with E-state index in [4.69, 9.17) is 9.47 Å². The summed E-state index contributed by atoms with van der Waals surface area (Å²) < 4.78 is 11.4. The van der Waals surface area contributed by atoms with Crippen molar-refractivity contribution >= 4 is 11.9 Å². The van der Waals surface area contributed by atoms with Crippen LogP contribution >= 0.6 is 0 Å². The Labute approximate surface area is 158 Å². The highest BCUT2D eigenvalue weighted by molar-refractivity contribution is 5.73. The van der Waals surface area contributed by atoms with Crippen LogP contribution in [-0.4, -0.2) is 24.1 Å². The van der Waals surface area contributed by atoms with Gasteiger partial charge in [-0.25, -0.2) is 0 Å². The van der Waals surface area contributed by atoms with Gasteiger partial charge in [-0.3, -0.25) is 9.59 Å². The monoisotopic (exact) mass is 364 g/mol. The average molecular weight is 365 g/mol. The molecular formula is C22H36O4. The molecule has 4 nitrogen and oxygen atoms in total. The van der Waals surface area contributed by atoms with Crippen molar-refractivity contribution in [2.24, 2.45) is 23.7 Å². The summed E-state index contributed by atoms with van der Waals surface area (Å²) in [6.07, 6.45) is 13.0. The maximum atomic E-state index is 12.4. The van der Waals surface area contributed by atoms with E-state index in [9.17, 15) is 9.59 Å². The smallest absolute Gasteiger partial charge is 0.309 e. The fourth-order valence-corrected chi connectivity index (χ4v) is 4.81. The molecule has 0 amide bonds. The second-order valence-corrected chi connectivity index (χ2v) is 9.15. The molecule has 3 rings (SSSR count). The van der Waals surface area contributed by atoms with Crippen LogP contribution in [-0.2, 0) is 19.1 Å².